The lowest BCUT2D eigenvalue weighted by atomic mass is 9.87. The maximum Gasteiger partial charge on any atom is 0.320 e. The summed E-state index contributed by atoms with van der Waals surface area (Å²) in [4.78, 5) is 52.9. The van der Waals surface area contributed by atoms with Gasteiger partial charge in [-0.25, -0.2) is 65.1 Å². The predicted molar refractivity (Wildman–Crippen MR) is 478 cm³/mol. The minimum absolute atomic E-state index is 0.0287. The Bertz CT molecular complexity index is 5420. The van der Waals surface area contributed by atoms with E-state index >= 15 is 0 Å². The fraction of sp³-hybridized carbons (Fsp3) is 0.535. The van der Waals surface area contributed by atoms with Crippen molar-refractivity contribution in [3.63, 3.8) is 0 Å². The number of ether oxygens (including phenoxy) is 7. The van der Waals surface area contributed by atoms with E-state index in [9.17, 15) is 140 Å². The molecule has 0 bridgehead atoms. The Kier molecular flexibility index (Phi) is 36.1. The van der Waals surface area contributed by atoms with Gasteiger partial charge in [0, 0.05) is 68.4 Å². The summed E-state index contributed by atoms with van der Waals surface area (Å²) < 4.78 is 187. The quantitative estimate of drug-likeness (QED) is 0.0388. The number of hydrogen-bond acceptors (Lipinski definition) is 43. The van der Waals surface area contributed by atoms with Gasteiger partial charge in [0.2, 0.25) is 12.7 Å². The van der Waals surface area contributed by atoms with E-state index in [-0.39, 0.29) is 71.1 Å². The van der Waals surface area contributed by atoms with Gasteiger partial charge in [-0.15, -0.1) is 12.8 Å². The zero-order valence-corrected chi connectivity index (χ0v) is 76.5. The smallest absolute Gasteiger partial charge is 0.320 e. The van der Waals surface area contributed by atoms with E-state index in [1.165, 1.54) is 107 Å². The van der Waals surface area contributed by atoms with E-state index in [0.717, 1.165) is 27.0 Å². The van der Waals surface area contributed by atoms with Gasteiger partial charge in [-0.2, -0.15) is 8.78 Å². The van der Waals surface area contributed by atoms with E-state index < -0.39 is 264 Å². The van der Waals surface area contributed by atoms with Crippen molar-refractivity contribution in [3.05, 3.63) is 167 Å². The first-order valence-electron chi connectivity index (χ1n) is 42.7. The maximum absolute atomic E-state index is 14.2. The Morgan fingerprint density at radius 1 is 0.469 bits per heavy atom. The topological polar surface area (TPSA) is 696 Å². The highest BCUT2D eigenvalue weighted by atomic mass is 19.3. The second-order valence-electron chi connectivity index (χ2n) is 34.4. The number of fused-ring (bicyclic) bond motifs is 1. The van der Waals surface area contributed by atoms with Crippen molar-refractivity contribution >= 4 is 52.0 Å². The number of aromatic nitrogens is 3. The summed E-state index contributed by atoms with van der Waals surface area (Å²) in [5.41, 5.74) is 9.82. The summed E-state index contributed by atoms with van der Waals surface area (Å²) >= 11 is 0. The van der Waals surface area contributed by atoms with Gasteiger partial charge in [-0.05, 0) is 50.6 Å². The minimum atomic E-state index is -3.83. The molecule has 0 aliphatic carbocycles. The van der Waals surface area contributed by atoms with Crippen LogP contribution in [-0.2, 0) is 42.7 Å². The fourth-order valence-electron chi connectivity index (χ4n) is 16.4. The Labute approximate surface area is 807 Å². The first-order valence-corrected chi connectivity index (χ1v) is 42.7. The Hall–Kier alpha value is -11.7. The zero-order chi connectivity index (χ0) is 107. The van der Waals surface area contributed by atoms with E-state index in [1.807, 2.05) is 5.92 Å². The van der Waals surface area contributed by atoms with Crippen molar-refractivity contribution in [2.75, 3.05) is 78.7 Å². The molecule has 15 rings (SSSR count). The summed E-state index contributed by atoms with van der Waals surface area (Å²) in [5, 5.41) is 171. The fourth-order valence-corrected chi connectivity index (χ4v) is 16.4. The summed E-state index contributed by atoms with van der Waals surface area (Å²) in [5.74, 6) is 0.530. The lowest BCUT2D eigenvalue weighted by Gasteiger charge is -2.37. The number of rotatable bonds is 22. The number of halogens is 11. The molecule has 29 N–H and O–H groups in total. The van der Waals surface area contributed by atoms with Crippen LogP contribution in [0.2, 0.25) is 0 Å². The third-order valence-electron chi connectivity index (χ3n) is 25.0. The number of pyridine rings is 1. The van der Waals surface area contributed by atoms with Gasteiger partial charge in [0.25, 0.3) is 11.8 Å². The Morgan fingerprint density at radius 2 is 0.832 bits per heavy atom. The number of amides is 2. The molecule has 13 aliphatic heterocycles. The normalized spacial score (nSPS) is 37.7. The summed E-state index contributed by atoms with van der Waals surface area (Å²) in [6.45, 7) is 15.7. The summed E-state index contributed by atoms with van der Waals surface area (Å²) in [6.07, 6.45) is -2.24. The van der Waals surface area contributed by atoms with Crippen LogP contribution in [0.1, 0.15) is 46.3 Å². The molecular formula is C86H113F11N20O26. The third kappa shape index (κ3) is 21.7. The molecule has 7 fully saturated rings. The number of imidazole rings is 1. The van der Waals surface area contributed by atoms with E-state index in [4.69, 9.17) is 79.8 Å². The lowest BCUT2D eigenvalue weighted by Crippen LogP contribution is -2.56. The molecule has 0 radical (unpaired) electrons. The van der Waals surface area contributed by atoms with E-state index in [0.29, 0.717) is 16.9 Å². The van der Waals surface area contributed by atoms with Crippen LogP contribution >= 0.6 is 0 Å². The molecular weight excluding hydrogens is 1940 g/mol. The second-order valence-corrected chi connectivity index (χ2v) is 34.4. The molecule has 46 nitrogen and oxygen atoms in total. The van der Waals surface area contributed by atoms with Crippen molar-refractivity contribution in [2.24, 2.45) is 42.9 Å². The van der Waals surface area contributed by atoms with Crippen molar-refractivity contribution in [2.45, 2.75) is 213 Å². The molecule has 0 saturated carbocycles. The summed E-state index contributed by atoms with van der Waals surface area (Å²) in [7, 11) is 0. The van der Waals surface area contributed by atoms with Crippen molar-refractivity contribution in [3.8, 4) is 24.7 Å². The van der Waals surface area contributed by atoms with Crippen LogP contribution in [0.4, 0.5) is 54.0 Å². The number of amidine groups is 4. The number of aliphatic hydroxyl groups excluding tert-OH is 14. The largest absolute Gasteiger partial charge is 0.397 e. The van der Waals surface area contributed by atoms with Gasteiger partial charge >= 0.3 is 5.92 Å². The van der Waals surface area contributed by atoms with Crippen LogP contribution in [0.15, 0.2) is 187 Å². The Morgan fingerprint density at radius 3 is 1.20 bits per heavy atom. The molecule has 2 aromatic heterocycles. The highest BCUT2D eigenvalue weighted by molar-refractivity contribution is 5.94. The van der Waals surface area contributed by atoms with Crippen molar-refractivity contribution in [1.82, 2.24) is 54.6 Å². The summed E-state index contributed by atoms with van der Waals surface area (Å²) in [6, 6.07) is 1.59. The number of aliphatic hydroxyl groups is 17. The predicted octanol–water partition coefficient (Wildman–Crippen LogP) is -4.81. The molecule has 13 aliphatic rings. The van der Waals surface area contributed by atoms with E-state index in [2.05, 4.69) is 86.0 Å². The standard InChI is InChI=1S/C14H16N4O4.C13H15FN2O5.C12H16F3N3O3.C12H17F2N3O3.C12H18FN3O3.C12H17FN2O5.C11H14F3N3O3/c1-3-14(21)11(20)13(2,6-19)22-12(14)18-7-17-9-8(15)4-5-16-10(9)18;1-3-13(20)10(19)12(6-14,7-17)21-11(13)16-5-4-9(18)15-8(16)2;1-6-17-8(16)2-3-18(6)11-9(15)10(20)12(5-19,21-11)4-7(13)14;1-7-16-8(15)2-5-17(7)11-9(14)10(19)12(6-18,20-11)3-4-13;1-3-12(6-17)10(18)9(13)11(19-12)16-5-4-8(14)15-7(16)2;1-7-14-8(17)3-4-15(7)10-11(2,19)9(18)12(5-13,6-16)20-10;1-6-16-7(15)2-3-17(6)9-11(13,14)8(19)10(4-12,5-18)20-9/h1,4-5,7,11-12,19-21H,6H2,2H3,(H2,15,16);1,4-5,10-11,17,19-20H,2,6-7H2,(H,15,18);2-3,7,9-11,19-20H,1,4-5H2,(H2,16,17);2,5,9-11,18-19H,1,3-4,6H2,(H2,15,16);4-5,9-11,17-18H,2-3,6H2,1H3,(H2,14,15);3-4,9-10,16,18-19H,1,5-6H2,2H3,(H,14,17);2-3,8-9,18-19H,1,4-5H2,(H2,15,16)/t11-,12-,13-,14-;10-,11-,12-,13-;3*9-,10+,11-,12-;9-,10+,11+,12+;8-,9-,10-/m1111101/s1. The molecule has 790 valence electrons. The zero-order valence-electron chi connectivity index (χ0n) is 76.5. The highest BCUT2D eigenvalue weighted by Gasteiger charge is 2.70. The number of hydrogen-bond donors (Lipinski definition) is 24. The van der Waals surface area contributed by atoms with Crippen LogP contribution in [0.3, 0.4) is 0 Å². The number of terminal acetylenes is 2. The van der Waals surface area contributed by atoms with Gasteiger partial charge in [0.05, 0.1) is 64.9 Å². The molecule has 0 spiro atoms. The molecule has 2 aromatic rings. The number of nitrogens with two attached hydrogens (primary N) is 5. The maximum atomic E-state index is 14.2. The number of anilines is 1. The van der Waals surface area contributed by atoms with Crippen molar-refractivity contribution < 1.29 is 178 Å². The van der Waals surface area contributed by atoms with Gasteiger partial charge in [-0.3, -0.25) is 18.5 Å². The second kappa shape index (κ2) is 44.9. The molecule has 15 heterocycles. The van der Waals surface area contributed by atoms with Crippen molar-refractivity contribution in [1.29, 1.82) is 0 Å². The first kappa shape index (κ1) is 115. The number of aliphatic imine (C=N–C) groups is 4. The molecule has 0 aromatic carbocycles. The van der Waals surface area contributed by atoms with Crippen LogP contribution in [0, 0.1) is 24.7 Å². The average molecular weight is 2050 g/mol. The lowest BCUT2D eigenvalue weighted by molar-refractivity contribution is -0.156. The third-order valence-corrected chi connectivity index (χ3v) is 25.0. The van der Waals surface area contributed by atoms with Gasteiger partial charge in [0.15, 0.2) is 95.6 Å². The molecule has 2 amide bonds. The molecule has 7 saturated heterocycles. The number of nitrogens with zero attached hydrogens (tertiary/aromatic N) is 13. The molecule has 57 heteroatoms. The highest BCUT2D eigenvalue weighted by Crippen LogP contribution is 2.50. The molecule has 0 unspecified atom stereocenters. The number of alkyl halides is 11. The SMILES string of the molecule is C#C[C@@]1(O)[C@H](O)[C@](CO)(CF)O[C@H]1N1C=CC(=O)NC1=C.C#C[C@]1(O)[C@H](n2cnc3c(N)ccnc32)O[C@](C)(CO)[C@H]1O.C=C1N=C(N)C=CN1[C@@H]1O[C@@](CO)(CC(F)F)[C@@H](O)[C@H]1F.C=C1N=C(N)C=CN1[C@@H]1O[C@@](CO)(CCF)[C@@H](O)[C@H]1F.C=C1N=C(N)C=CN1[C@@H]1O[C@@](CO)(CF)[C@@H](O)C1(F)F.C=C1N=C(N)C=CN1[C@@H]1O[C@](CC)(CO)[C@@H](O)[C@H]1F.C=C1NC(=O)C=CN1[C@@H]1O[C@@](CO)(CF)[C@@H](O)[C@@]1(C)O. The molecule has 143 heavy (non-hydrogen) atoms. The van der Waals surface area contributed by atoms with Crippen LogP contribution in [0.5, 0.6) is 0 Å². The van der Waals surface area contributed by atoms with Crippen LogP contribution in [-0.4, -0.2) is 406 Å². The Balaban J connectivity index is 0.000000186. The molecule has 27 atom stereocenters. The van der Waals surface area contributed by atoms with Gasteiger partial charge in [0.1, 0.15) is 148 Å². The van der Waals surface area contributed by atoms with Gasteiger partial charge in [-0.1, -0.05) is 58.2 Å². The monoisotopic (exact) mass is 2050 g/mol. The van der Waals surface area contributed by atoms with E-state index in [1.54, 1.807) is 13.0 Å². The average Bonchev–Trinajstić information content (AvgIpc) is 1.57. The van der Waals surface area contributed by atoms with Gasteiger partial charge < -0.3 is 189 Å². The first-order chi connectivity index (χ1) is 67.0. The number of carbonyl (C=O) groups is 2. The van der Waals surface area contributed by atoms with Crippen LogP contribution < -0.4 is 39.3 Å². The number of carbonyl (C=O) groups excluding carboxylic acids is 2. The van der Waals surface area contributed by atoms with Crippen LogP contribution in [0.25, 0.3) is 11.2 Å². The number of nitrogen functional groups attached to an aromatic ring is 1. The number of nitrogens with one attached hydrogen (secondary N) is 2. The minimum Gasteiger partial charge on any atom is -0.397 e.